The molecule has 1 saturated carbocycles. The van der Waals surface area contributed by atoms with Gasteiger partial charge in [0.05, 0.1) is 0 Å². The van der Waals surface area contributed by atoms with Crippen LogP contribution in [0.25, 0.3) is 0 Å². The fourth-order valence-electron chi connectivity index (χ4n) is 1.27. The summed E-state index contributed by atoms with van der Waals surface area (Å²) in [6.45, 7) is 0. The van der Waals surface area contributed by atoms with Gasteiger partial charge in [0.15, 0.2) is 0 Å². The molecular weight excluding hydrogens is 91.0 g/mol. The van der Waals surface area contributed by atoms with E-state index in [1.54, 1.807) is 19.0 Å². The average Bonchev–Trinajstić information content (AvgIpc) is 2.17. The second kappa shape index (κ2) is 0.980. The molecule has 0 aromatic rings. The summed E-state index contributed by atoms with van der Waals surface area (Å²) in [7, 11) is 1.36. The van der Waals surface area contributed by atoms with E-state index < -0.39 is 0 Å². The van der Waals surface area contributed by atoms with Crippen LogP contribution in [0, 0.1) is 5.92 Å². The molecule has 2 rings (SSSR count). The number of rotatable bonds is 0. The molecule has 0 bridgehead atoms. The van der Waals surface area contributed by atoms with Gasteiger partial charge in [0.1, 0.15) is 0 Å². The zero-order chi connectivity index (χ0) is 3.98. The monoisotopic (exact) mass is 100 g/mol. The van der Waals surface area contributed by atoms with Gasteiger partial charge in [0.2, 0.25) is 0 Å². The maximum absolute atomic E-state index is 1.60. The van der Waals surface area contributed by atoms with Crippen molar-refractivity contribution in [2.45, 2.75) is 18.5 Å². The van der Waals surface area contributed by atoms with Crippen LogP contribution >= 0.6 is 8.58 Å². The van der Waals surface area contributed by atoms with Crippen LogP contribution in [-0.4, -0.2) is 11.8 Å². The first-order chi connectivity index (χ1) is 2.97. The number of hydrogen-bond donors (Lipinski definition) is 0. The van der Waals surface area contributed by atoms with E-state index in [1.165, 1.54) is 20.2 Å². The van der Waals surface area contributed by atoms with Crippen molar-refractivity contribution in [3.05, 3.63) is 0 Å². The molecule has 1 aliphatic carbocycles. The fraction of sp³-hybridized carbons (Fsp3) is 1.00. The minimum absolute atomic E-state index is 1.23. The summed E-state index contributed by atoms with van der Waals surface area (Å²) in [5.74, 6) is 1.23. The number of hydrogen-bond acceptors (Lipinski definition) is 0. The zero-order valence-electron chi connectivity index (χ0n) is 3.78. The first-order valence-electron chi connectivity index (χ1n) is 2.70. The van der Waals surface area contributed by atoms with Gasteiger partial charge in [0, 0.05) is 0 Å². The second-order valence-electron chi connectivity index (χ2n) is 2.35. The molecule has 1 aliphatic heterocycles. The first-order valence-corrected chi connectivity index (χ1v) is 3.98. The van der Waals surface area contributed by atoms with Crippen molar-refractivity contribution in [1.82, 2.24) is 0 Å². The Bertz CT molecular complexity index is 62.3. The van der Waals surface area contributed by atoms with Crippen LogP contribution in [0.4, 0.5) is 0 Å². The van der Waals surface area contributed by atoms with Crippen LogP contribution in [0.15, 0.2) is 0 Å². The van der Waals surface area contributed by atoms with Crippen LogP contribution in [0.3, 0.4) is 0 Å². The summed E-state index contributed by atoms with van der Waals surface area (Å²) in [5, 5.41) is 0. The predicted molar refractivity (Wildman–Crippen MR) is 29.7 cm³/mol. The van der Waals surface area contributed by atoms with Crippen LogP contribution in [0.5, 0.6) is 0 Å². The third-order valence-electron chi connectivity index (χ3n) is 1.84. The van der Waals surface area contributed by atoms with Crippen molar-refractivity contribution in [2.24, 2.45) is 5.92 Å². The van der Waals surface area contributed by atoms with Crippen LogP contribution in [0.1, 0.15) is 12.8 Å². The lowest BCUT2D eigenvalue weighted by Gasteiger charge is -1.81. The molecule has 0 aromatic heterocycles. The Hall–Kier alpha value is 0.430. The van der Waals surface area contributed by atoms with Crippen LogP contribution in [0.2, 0.25) is 0 Å². The van der Waals surface area contributed by atoms with Gasteiger partial charge in [-0.2, -0.15) is 0 Å². The molecule has 1 saturated heterocycles. The molecule has 0 radical (unpaired) electrons. The van der Waals surface area contributed by atoms with E-state index in [2.05, 4.69) is 0 Å². The Balaban J connectivity index is 2.09. The standard InChI is InChI=1S/C5H9P/c1-2-6-5-3-4(1)5/h4-6H,1-3H2. The molecule has 0 amide bonds. The summed E-state index contributed by atoms with van der Waals surface area (Å²) in [6.07, 6.45) is 4.73. The largest absolute Gasteiger partial charge is 0.119 e. The smallest absolute Gasteiger partial charge is 0.0205 e. The SMILES string of the molecule is C1CC2CC2P1. The quantitative estimate of drug-likeness (QED) is 0.404. The molecule has 6 heavy (non-hydrogen) atoms. The highest BCUT2D eigenvalue weighted by molar-refractivity contribution is 7.39. The van der Waals surface area contributed by atoms with Crippen molar-refractivity contribution in [2.75, 3.05) is 6.16 Å². The van der Waals surface area contributed by atoms with Crippen LogP contribution < -0.4 is 0 Å². The van der Waals surface area contributed by atoms with Crippen molar-refractivity contribution in [3.8, 4) is 0 Å². The summed E-state index contributed by atoms with van der Waals surface area (Å²) in [6, 6.07) is 0. The van der Waals surface area contributed by atoms with Gasteiger partial charge in [-0.1, -0.05) is 0 Å². The predicted octanol–water partition coefficient (Wildman–Crippen LogP) is 1.46. The van der Waals surface area contributed by atoms with Gasteiger partial charge in [-0.25, -0.2) is 0 Å². The first kappa shape index (κ1) is 3.43. The molecule has 1 heteroatoms. The highest BCUT2D eigenvalue weighted by Gasteiger charge is 2.40. The van der Waals surface area contributed by atoms with E-state index in [1.807, 2.05) is 0 Å². The van der Waals surface area contributed by atoms with Crippen molar-refractivity contribution < 1.29 is 0 Å². The summed E-state index contributed by atoms with van der Waals surface area (Å²) >= 11 is 0. The van der Waals surface area contributed by atoms with E-state index in [0.29, 0.717) is 0 Å². The molecule has 0 spiro atoms. The van der Waals surface area contributed by atoms with Gasteiger partial charge in [-0.3, -0.25) is 0 Å². The lowest BCUT2D eigenvalue weighted by molar-refractivity contribution is 0.835. The molecule has 3 atom stereocenters. The zero-order valence-corrected chi connectivity index (χ0v) is 4.78. The van der Waals surface area contributed by atoms with Crippen molar-refractivity contribution >= 4 is 8.58 Å². The van der Waals surface area contributed by atoms with Gasteiger partial charge in [0.25, 0.3) is 0 Å². The van der Waals surface area contributed by atoms with E-state index in [9.17, 15) is 0 Å². The van der Waals surface area contributed by atoms with Gasteiger partial charge in [-0.15, -0.1) is 8.58 Å². The normalized spacial score (nSPS) is 56.0. The van der Waals surface area contributed by atoms with Crippen molar-refractivity contribution in [3.63, 3.8) is 0 Å². The highest BCUT2D eigenvalue weighted by atomic mass is 31.1. The maximum atomic E-state index is 1.60. The Morgan fingerprint density at radius 3 is 2.67 bits per heavy atom. The van der Waals surface area contributed by atoms with Gasteiger partial charge < -0.3 is 0 Å². The Kier molecular flexibility index (Phi) is 0.561. The number of fused-ring (bicyclic) bond motifs is 1. The maximum Gasteiger partial charge on any atom is -0.0205 e. The third-order valence-corrected chi connectivity index (χ3v) is 3.65. The van der Waals surface area contributed by atoms with Gasteiger partial charge in [-0.05, 0) is 30.6 Å². The third kappa shape index (κ3) is 0.337. The molecule has 34 valence electrons. The summed E-state index contributed by atoms with van der Waals surface area (Å²) in [4.78, 5) is 0. The Morgan fingerprint density at radius 1 is 1.50 bits per heavy atom. The molecule has 0 nitrogen and oxygen atoms in total. The summed E-state index contributed by atoms with van der Waals surface area (Å²) < 4.78 is 0. The average molecular weight is 100 g/mol. The Labute approximate surface area is 40.1 Å². The minimum Gasteiger partial charge on any atom is -0.119 e. The minimum atomic E-state index is 1.23. The molecule has 0 N–H and O–H groups in total. The fourth-order valence-corrected chi connectivity index (χ4v) is 3.15. The molecular formula is C5H9P. The second-order valence-corrected chi connectivity index (χ2v) is 3.99. The lowest BCUT2D eigenvalue weighted by Crippen LogP contribution is -1.68. The molecule has 2 aliphatic rings. The van der Waals surface area contributed by atoms with Crippen LogP contribution in [-0.2, 0) is 0 Å². The van der Waals surface area contributed by atoms with Crippen molar-refractivity contribution in [1.29, 1.82) is 0 Å². The molecule has 3 unspecified atom stereocenters. The molecule has 0 aromatic carbocycles. The van der Waals surface area contributed by atoms with Gasteiger partial charge >= 0.3 is 0 Å². The Morgan fingerprint density at radius 2 is 2.50 bits per heavy atom. The van der Waals surface area contributed by atoms with E-state index in [-0.39, 0.29) is 0 Å². The topological polar surface area (TPSA) is 0 Å². The van der Waals surface area contributed by atoms with E-state index >= 15 is 0 Å². The highest BCUT2D eigenvalue weighted by Crippen LogP contribution is 2.54. The molecule has 2 fully saturated rings. The summed E-state index contributed by atoms with van der Waals surface area (Å²) in [5.41, 5.74) is 1.24. The van der Waals surface area contributed by atoms with E-state index in [0.717, 1.165) is 0 Å². The molecule has 1 heterocycles. The lowest BCUT2D eigenvalue weighted by atomic mass is 10.3. The van der Waals surface area contributed by atoms with E-state index in [4.69, 9.17) is 0 Å².